The Morgan fingerprint density at radius 2 is 2.00 bits per heavy atom. The van der Waals surface area contributed by atoms with Crippen LogP contribution in [-0.4, -0.2) is 11.4 Å². The molecule has 1 atom stereocenters. The van der Waals surface area contributed by atoms with Gasteiger partial charge in [0.2, 0.25) is 5.91 Å². The molecule has 1 amide bonds. The van der Waals surface area contributed by atoms with E-state index >= 15 is 0 Å². The molecule has 5 heteroatoms. The predicted octanol–water partition coefficient (Wildman–Crippen LogP) is 1.74. The van der Waals surface area contributed by atoms with Crippen LogP contribution < -0.4 is 11.5 Å². The average Bonchev–Trinajstić information content (AvgIpc) is 2.10. The van der Waals surface area contributed by atoms with Crippen LogP contribution in [0.5, 0.6) is 0 Å². The maximum absolute atomic E-state index is 11.0. The molecule has 82 valence electrons. The Morgan fingerprint density at radius 3 is 2.47 bits per heavy atom. The quantitative estimate of drug-likeness (QED) is 0.854. The van der Waals surface area contributed by atoms with E-state index in [1.807, 2.05) is 0 Å². The molecule has 0 aliphatic heterocycles. The van der Waals surface area contributed by atoms with Crippen molar-refractivity contribution in [1.29, 1.82) is 0 Å². The second kappa shape index (κ2) is 4.39. The van der Waals surface area contributed by atoms with Crippen molar-refractivity contribution in [3.05, 3.63) is 33.8 Å². The molecule has 0 unspecified atom stereocenters. The van der Waals surface area contributed by atoms with Gasteiger partial charge in [0.1, 0.15) is 0 Å². The number of rotatable bonds is 3. The Hall–Kier alpha value is -0.770. The van der Waals surface area contributed by atoms with E-state index in [0.717, 1.165) is 5.56 Å². The molecule has 4 N–H and O–H groups in total. The zero-order chi connectivity index (χ0) is 11.6. The molecule has 0 spiro atoms. The van der Waals surface area contributed by atoms with E-state index < -0.39 is 11.4 Å². The van der Waals surface area contributed by atoms with Gasteiger partial charge in [-0.1, -0.05) is 29.3 Å². The van der Waals surface area contributed by atoms with Crippen LogP contribution in [0.2, 0.25) is 10.0 Å². The summed E-state index contributed by atoms with van der Waals surface area (Å²) in [4.78, 5) is 11.0. The smallest absolute Gasteiger partial charge is 0.237 e. The number of nitrogens with two attached hydrogens (primary N) is 2. The van der Waals surface area contributed by atoms with Crippen molar-refractivity contribution in [1.82, 2.24) is 0 Å². The third kappa shape index (κ3) is 3.09. The highest BCUT2D eigenvalue weighted by atomic mass is 35.5. The lowest BCUT2D eigenvalue weighted by Crippen LogP contribution is -2.51. The lowest BCUT2D eigenvalue weighted by molar-refractivity contribution is -0.122. The predicted molar refractivity (Wildman–Crippen MR) is 62.0 cm³/mol. The summed E-state index contributed by atoms with van der Waals surface area (Å²) in [5, 5.41) is 0.910. The molecule has 1 aromatic rings. The molecule has 1 rings (SSSR count). The minimum absolute atomic E-state index is 0.333. The summed E-state index contributed by atoms with van der Waals surface area (Å²) in [7, 11) is 0. The van der Waals surface area contributed by atoms with Gasteiger partial charge in [0.25, 0.3) is 0 Å². The van der Waals surface area contributed by atoms with Crippen molar-refractivity contribution in [3.63, 3.8) is 0 Å². The van der Waals surface area contributed by atoms with Gasteiger partial charge in [0, 0.05) is 0 Å². The lowest BCUT2D eigenvalue weighted by Gasteiger charge is -2.20. The monoisotopic (exact) mass is 246 g/mol. The summed E-state index contributed by atoms with van der Waals surface area (Å²) in [6.45, 7) is 1.58. The number of carbonyl (C=O) groups excluding carboxylic acids is 1. The highest BCUT2D eigenvalue weighted by Gasteiger charge is 2.25. The maximum atomic E-state index is 11.0. The molecule has 0 heterocycles. The van der Waals surface area contributed by atoms with E-state index in [0.29, 0.717) is 16.5 Å². The SMILES string of the molecule is C[C@@](N)(Cc1ccc(Cl)c(Cl)c1)C(N)=O. The molecular formula is C10H12Cl2N2O. The number of amides is 1. The van der Waals surface area contributed by atoms with Crippen molar-refractivity contribution in [2.75, 3.05) is 0 Å². The van der Waals surface area contributed by atoms with Crippen LogP contribution in [-0.2, 0) is 11.2 Å². The van der Waals surface area contributed by atoms with Crippen molar-refractivity contribution >= 4 is 29.1 Å². The third-order valence-electron chi connectivity index (χ3n) is 2.12. The summed E-state index contributed by atoms with van der Waals surface area (Å²) < 4.78 is 0. The summed E-state index contributed by atoms with van der Waals surface area (Å²) in [6, 6.07) is 5.11. The molecule has 3 nitrogen and oxygen atoms in total. The van der Waals surface area contributed by atoms with Crippen LogP contribution in [0, 0.1) is 0 Å². The van der Waals surface area contributed by atoms with Gasteiger partial charge in [0.05, 0.1) is 15.6 Å². The standard InChI is InChI=1S/C10H12Cl2N2O/c1-10(14,9(13)15)5-6-2-3-7(11)8(12)4-6/h2-4H,5,14H2,1H3,(H2,13,15)/t10-/m1/s1. The molecule has 0 radical (unpaired) electrons. The summed E-state index contributed by atoms with van der Waals surface area (Å²) in [5.74, 6) is -0.548. The Kier molecular flexibility index (Phi) is 3.60. The first-order valence-electron chi connectivity index (χ1n) is 4.35. The van der Waals surface area contributed by atoms with E-state index in [9.17, 15) is 4.79 Å². The lowest BCUT2D eigenvalue weighted by atomic mass is 9.93. The minimum Gasteiger partial charge on any atom is -0.368 e. The van der Waals surface area contributed by atoms with E-state index in [4.69, 9.17) is 34.7 Å². The molecule has 0 saturated heterocycles. The topological polar surface area (TPSA) is 69.1 Å². The number of carbonyl (C=O) groups is 1. The van der Waals surface area contributed by atoms with Crippen molar-refractivity contribution < 1.29 is 4.79 Å². The number of primary amides is 1. The van der Waals surface area contributed by atoms with E-state index in [2.05, 4.69) is 0 Å². The van der Waals surface area contributed by atoms with Gasteiger partial charge in [-0.15, -0.1) is 0 Å². The largest absolute Gasteiger partial charge is 0.368 e. The Morgan fingerprint density at radius 1 is 1.40 bits per heavy atom. The first-order valence-corrected chi connectivity index (χ1v) is 5.11. The Balaban J connectivity index is 2.91. The minimum atomic E-state index is -1.07. The molecule has 0 aliphatic carbocycles. The number of halogens is 2. The van der Waals surface area contributed by atoms with Gasteiger partial charge >= 0.3 is 0 Å². The van der Waals surface area contributed by atoms with Crippen LogP contribution in [0.1, 0.15) is 12.5 Å². The highest BCUT2D eigenvalue weighted by Crippen LogP contribution is 2.24. The summed E-state index contributed by atoms with van der Waals surface area (Å²) >= 11 is 11.6. The molecule has 0 aromatic heterocycles. The van der Waals surface area contributed by atoms with Crippen molar-refractivity contribution in [3.8, 4) is 0 Å². The number of hydrogen-bond donors (Lipinski definition) is 2. The second-order valence-electron chi connectivity index (χ2n) is 3.71. The Bertz CT molecular complexity index is 391. The fourth-order valence-electron chi connectivity index (χ4n) is 1.16. The van der Waals surface area contributed by atoms with Crippen LogP contribution in [0.3, 0.4) is 0 Å². The van der Waals surface area contributed by atoms with E-state index in [1.165, 1.54) is 0 Å². The summed E-state index contributed by atoms with van der Waals surface area (Å²) in [6.07, 6.45) is 0.333. The molecule has 1 aromatic carbocycles. The van der Waals surface area contributed by atoms with Crippen LogP contribution in [0.25, 0.3) is 0 Å². The van der Waals surface area contributed by atoms with Gasteiger partial charge in [-0.2, -0.15) is 0 Å². The molecule has 0 fully saturated rings. The van der Waals surface area contributed by atoms with Gasteiger partial charge in [-0.05, 0) is 31.0 Å². The zero-order valence-corrected chi connectivity index (χ0v) is 9.77. The average molecular weight is 247 g/mol. The molecule has 15 heavy (non-hydrogen) atoms. The zero-order valence-electron chi connectivity index (χ0n) is 8.26. The van der Waals surface area contributed by atoms with Crippen LogP contribution >= 0.6 is 23.2 Å². The molecule has 0 bridgehead atoms. The first kappa shape index (κ1) is 12.3. The maximum Gasteiger partial charge on any atom is 0.237 e. The van der Waals surface area contributed by atoms with Gasteiger partial charge < -0.3 is 11.5 Å². The second-order valence-corrected chi connectivity index (χ2v) is 4.52. The first-order chi connectivity index (χ1) is 6.83. The van der Waals surface area contributed by atoms with Crippen LogP contribution in [0.15, 0.2) is 18.2 Å². The van der Waals surface area contributed by atoms with Crippen molar-refractivity contribution in [2.45, 2.75) is 18.9 Å². The fourth-order valence-corrected chi connectivity index (χ4v) is 1.48. The van der Waals surface area contributed by atoms with E-state index in [-0.39, 0.29) is 0 Å². The Labute approximate surface area is 98.3 Å². The van der Waals surface area contributed by atoms with Gasteiger partial charge in [-0.3, -0.25) is 4.79 Å². The molecule has 0 saturated carbocycles. The summed E-state index contributed by atoms with van der Waals surface area (Å²) in [5.41, 5.74) is 10.6. The molecular weight excluding hydrogens is 235 g/mol. The van der Waals surface area contributed by atoms with Gasteiger partial charge in [0.15, 0.2) is 0 Å². The fraction of sp³-hybridized carbons (Fsp3) is 0.300. The highest BCUT2D eigenvalue weighted by molar-refractivity contribution is 6.42. The molecule has 0 aliphatic rings. The van der Waals surface area contributed by atoms with E-state index in [1.54, 1.807) is 25.1 Å². The van der Waals surface area contributed by atoms with Gasteiger partial charge in [-0.25, -0.2) is 0 Å². The number of benzene rings is 1. The van der Waals surface area contributed by atoms with Crippen LogP contribution in [0.4, 0.5) is 0 Å². The third-order valence-corrected chi connectivity index (χ3v) is 2.86. The normalized spacial score (nSPS) is 14.7. The number of hydrogen-bond acceptors (Lipinski definition) is 2. The van der Waals surface area contributed by atoms with Crippen molar-refractivity contribution in [2.24, 2.45) is 11.5 Å².